The molecule has 18 heavy (non-hydrogen) atoms. The zero-order valence-corrected chi connectivity index (χ0v) is 10.9. The van der Waals surface area contributed by atoms with Crippen molar-refractivity contribution in [1.29, 1.82) is 0 Å². The number of benzene rings is 1. The van der Waals surface area contributed by atoms with Gasteiger partial charge < -0.3 is 10.8 Å². The maximum atomic E-state index is 10.9. The van der Waals surface area contributed by atoms with Crippen LogP contribution in [-0.2, 0) is 11.8 Å². The Bertz CT molecular complexity index is 425. The predicted octanol–water partition coefficient (Wildman–Crippen LogP) is 2.38. The molecule has 2 aliphatic rings. The van der Waals surface area contributed by atoms with Gasteiger partial charge in [0.05, 0.1) is 6.10 Å². The standard InChI is InChI=1S/C16H23NO/c17-11-16(15(18)13-6-1-2-7-13)10-9-12-5-3-4-8-14(12)16/h3-5,8,13,15,18H,1-2,6-7,9-11,17H2. The van der Waals surface area contributed by atoms with Crippen LogP contribution in [0.3, 0.4) is 0 Å². The van der Waals surface area contributed by atoms with E-state index < -0.39 is 0 Å². The van der Waals surface area contributed by atoms with Crippen molar-refractivity contribution in [2.75, 3.05) is 6.54 Å². The summed E-state index contributed by atoms with van der Waals surface area (Å²) in [6.45, 7) is 0.571. The van der Waals surface area contributed by atoms with Crippen molar-refractivity contribution in [2.24, 2.45) is 11.7 Å². The highest BCUT2D eigenvalue weighted by Crippen LogP contribution is 2.45. The molecule has 2 aliphatic carbocycles. The number of hydrogen-bond acceptors (Lipinski definition) is 2. The lowest BCUT2D eigenvalue weighted by atomic mass is 9.71. The van der Waals surface area contributed by atoms with E-state index in [2.05, 4.69) is 24.3 Å². The third-order valence-electron chi connectivity index (χ3n) is 5.17. The first-order chi connectivity index (χ1) is 8.78. The Labute approximate surface area is 109 Å². The molecule has 1 fully saturated rings. The molecule has 0 aromatic heterocycles. The third kappa shape index (κ3) is 1.70. The number of rotatable bonds is 3. The van der Waals surface area contributed by atoms with Crippen LogP contribution in [0, 0.1) is 5.92 Å². The van der Waals surface area contributed by atoms with E-state index in [1.807, 2.05) is 0 Å². The summed E-state index contributed by atoms with van der Waals surface area (Å²) in [5.74, 6) is 0.458. The molecular weight excluding hydrogens is 222 g/mol. The van der Waals surface area contributed by atoms with Gasteiger partial charge >= 0.3 is 0 Å². The van der Waals surface area contributed by atoms with Crippen molar-refractivity contribution < 1.29 is 5.11 Å². The first-order valence-electron chi connectivity index (χ1n) is 7.24. The third-order valence-corrected chi connectivity index (χ3v) is 5.17. The Morgan fingerprint density at radius 1 is 1.28 bits per heavy atom. The van der Waals surface area contributed by atoms with Crippen LogP contribution in [0.1, 0.15) is 43.2 Å². The smallest absolute Gasteiger partial charge is 0.0677 e. The molecule has 0 spiro atoms. The summed E-state index contributed by atoms with van der Waals surface area (Å²) in [4.78, 5) is 0. The summed E-state index contributed by atoms with van der Waals surface area (Å²) in [7, 11) is 0. The first-order valence-corrected chi connectivity index (χ1v) is 7.24. The zero-order valence-electron chi connectivity index (χ0n) is 10.9. The number of aliphatic hydroxyl groups excluding tert-OH is 1. The molecule has 3 rings (SSSR count). The lowest BCUT2D eigenvalue weighted by Gasteiger charge is -2.37. The number of aliphatic hydroxyl groups is 1. The average Bonchev–Trinajstić information content (AvgIpc) is 3.06. The second kappa shape index (κ2) is 4.67. The van der Waals surface area contributed by atoms with Gasteiger partial charge in [0.1, 0.15) is 0 Å². The van der Waals surface area contributed by atoms with E-state index in [0.717, 1.165) is 12.8 Å². The molecule has 3 N–H and O–H groups in total. The van der Waals surface area contributed by atoms with Crippen molar-refractivity contribution in [3.8, 4) is 0 Å². The van der Waals surface area contributed by atoms with E-state index in [0.29, 0.717) is 12.5 Å². The van der Waals surface area contributed by atoms with E-state index in [9.17, 15) is 5.11 Å². The predicted molar refractivity (Wildman–Crippen MR) is 73.5 cm³/mol. The van der Waals surface area contributed by atoms with Crippen LogP contribution in [0.15, 0.2) is 24.3 Å². The largest absolute Gasteiger partial charge is 0.392 e. The van der Waals surface area contributed by atoms with Crippen LogP contribution in [0.25, 0.3) is 0 Å². The number of fused-ring (bicyclic) bond motifs is 1. The Morgan fingerprint density at radius 3 is 2.72 bits per heavy atom. The van der Waals surface area contributed by atoms with Crippen LogP contribution in [0.2, 0.25) is 0 Å². The lowest BCUT2D eigenvalue weighted by Crippen LogP contribution is -2.47. The fourth-order valence-corrected chi connectivity index (χ4v) is 4.08. The topological polar surface area (TPSA) is 46.2 Å². The molecule has 0 amide bonds. The molecule has 0 saturated heterocycles. The van der Waals surface area contributed by atoms with Crippen LogP contribution >= 0.6 is 0 Å². The normalized spacial score (nSPS) is 29.4. The molecule has 2 heteroatoms. The summed E-state index contributed by atoms with van der Waals surface area (Å²) in [5, 5.41) is 10.9. The molecule has 1 aromatic carbocycles. The molecule has 2 nitrogen and oxygen atoms in total. The fraction of sp³-hybridized carbons (Fsp3) is 0.625. The Hall–Kier alpha value is -0.860. The highest BCUT2D eigenvalue weighted by molar-refractivity contribution is 5.41. The molecule has 1 saturated carbocycles. The van der Waals surface area contributed by atoms with Gasteiger partial charge in [-0.05, 0) is 42.7 Å². The Morgan fingerprint density at radius 2 is 2.00 bits per heavy atom. The Balaban J connectivity index is 1.96. The van der Waals surface area contributed by atoms with Gasteiger partial charge in [-0.1, -0.05) is 37.1 Å². The van der Waals surface area contributed by atoms with Crippen molar-refractivity contribution >= 4 is 0 Å². The minimum atomic E-state index is -0.256. The first kappa shape index (κ1) is 12.2. The van der Waals surface area contributed by atoms with E-state index in [-0.39, 0.29) is 11.5 Å². The van der Waals surface area contributed by atoms with Crippen molar-refractivity contribution in [2.45, 2.75) is 50.0 Å². The van der Waals surface area contributed by atoms with Crippen molar-refractivity contribution in [3.63, 3.8) is 0 Å². The van der Waals surface area contributed by atoms with Gasteiger partial charge in [0, 0.05) is 12.0 Å². The molecule has 2 atom stereocenters. The van der Waals surface area contributed by atoms with E-state index >= 15 is 0 Å². The van der Waals surface area contributed by atoms with E-state index in [4.69, 9.17) is 5.73 Å². The number of aryl methyl sites for hydroxylation is 1. The maximum Gasteiger partial charge on any atom is 0.0677 e. The van der Waals surface area contributed by atoms with Gasteiger partial charge in [0.25, 0.3) is 0 Å². The van der Waals surface area contributed by atoms with Crippen LogP contribution < -0.4 is 5.73 Å². The summed E-state index contributed by atoms with van der Waals surface area (Å²) in [5.41, 5.74) is 8.62. The molecule has 0 bridgehead atoms. The van der Waals surface area contributed by atoms with Gasteiger partial charge in [-0.15, -0.1) is 0 Å². The lowest BCUT2D eigenvalue weighted by molar-refractivity contribution is 0.0331. The van der Waals surface area contributed by atoms with Gasteiger partial charge in [0.2, 0.25) is 0 Å². The summed E-state index contributed by atoms with van der Waals surface area (Å²) < 4.78 is 0. The average molecular weight is 245 g/mol. The molecule has 0 heterocycles. The second-order valence-electron chi connectivity index (χ2n) is 6.01. The second-order valence-corrected chi connectivity index (χ2v) is 6.01. The SMILES string of the molecule is NCC1(C(O)C2CCCC2)CCc2ccccc21. The summed E-state index contributed by atoms with van der Waals surface area (Å²) in [6, 6.07) is 8.53. The van der Waals surface area contributed by atoms with Gasteiger partial charge in [-0.3, -0.25) is 0 Å². The van der Waals surface area contributed by atoms with Crippen molar-refractivity contribution in [3.05, 3.63) is 35.4 Å². The molecule has 2 unspecified atom stereocenters. The van der Waals surface area contributed by atoms with Gasteiger partial charge in [-0.25, -0.2) is 0 Å². The quantitative estimate of drug-likeness (QED) is 0.859. The Kier molecular flexibility index (Phi) is 3.16. The van der Waals surface area contributed by atoms with Crippen LogP contribution in [0.4, 0.5) is 0 Å². The summed E-state index contributed by atoms with van der Waals surface area (Å²) in [6.07, 6.45) is 6.70. The van der Waals surface area contributed by atoms with Crippen LogP contribution in [-0.4, -0.2) is 17.8 Å². The number of nitrogens with two attached hydrogens (primary N) is 1. The summed E-state index contributed by atoms with van der Waals surface area (Å²) >= 11 is 0. The van der Waals surface area contributed by atoms with Gasteiger partial charge in [0.15, 0.2) is 0 Å². The van der Waals surface area contributed by atoms with E-state index in [1.165, 1.54) is 36.8 Å². The molecule has 0 radical (unpaired) electrons. The fourth-order valence-electron chi connectivity index (χ4n) is 4.08. The minimum absolute atomic E-state index is 0.175. The van der Waals surface area contributed by atoms with E-state index in [1.54, 1.807) is 0 Å². The molecule has 0 aliphatic heterocycles. The highest BCUT2D eigenvalue weighted by Gasteiger charge is 2.46. The van der Waals surface area contributed by atoms with Crippen molar-refractivity contribution in [1.82, 2.24) is 0 Å². The molecule has 98 valence electrons. The number of hydrogen-bond donors (Lipinski definition) is 2. The zero-order chi connectivity index (χ0) is 12.6. The minimum Gasteiger partial charge on any atom is -0.392 e. The van der Waals surface area contributed by atoms with Crippen LogP contribution in [0.5, 0.6) is 0 Å². The maximum absolute atomic E-state index is 10.9. The molecular formula is C16H23NO. The molecule has 1 aromatic rings. The monoisotopic (exact) mass is 245 g/mol. The highest BCUT2D eigenvalue weighted by atomic mass is 16.3. The van der Waals surface area contributed by atoms with Gasteiger partial charge in [-0.2, -0.15) is 0 Å².